The van der Waals surface area contributed by atoms with Gasteiger partial charge in [0.1, 0.15) is 17.5 Å². The van der Waals surface area contributed by atoms with Crippen LogP contribution >= 0.6 is 11.6 Å². The number of amides is 2. The van der Waals surface area contributed by atoms with E-state index in [-0.39, 0.29) is 25.0 Å². The number of carbonyl (C=O) groups excluding carboxylic acids is 2. The first-order valence-corrected chi connectivity index (χ1v) is 10.9. The lowest BCUT2D eigenvalue weighted by Crippen LogP contribution is -2.53. The molecule has 0 saturated carbocycles. The number of carbonyl (C=O) groups is 2. The summed E-state index contributed by atoms with van der Waals surface area (Å²) in [6, 6.07) is 10.3. The topological polar surface area (TPSA) is 67.9 Å². The highest BCUT2D eigenvalue weighted by Crippen LogP contribution is 2.26. The number of hydrogen-bond donors (Lipinski definition) is 1. The molecule has 2 aromatic carbocycles. The first-order chi connectivity index (χ1) is 14.9. The summed E-state index contributed by atoms with van der Waals surface area (Å²) in [7, 11) is 1.60. The third-order valence-electron chi connectivity index (χ3n) is 4.95. The predicted octanol–water partition coefficient (Wildman–Crippen LogP) is 4.68. The van der Waals surface area contributed by atoms with Gasteiger partial charge in [-0.05, 0) is 82.5 Å². The number of nitrogens with one attached hydrogen (secondary N) is 1. The molecule has 174 valence electrons. The molecule has 0 aliphatic carbocycles. The zero-order chi connectivity index (χ0) is 24.1. The van der Waals surface area contributed by atoms with Crippen molar-refractivity contribution in [3.05, 3.63) is 58.1 Å². The number of ether oxygens (including phenoxy) is 2. The van der Waals surface area contributed by atoms with Crippen molar-refractivity contribution in [2.24, 2.45) is 0 Å². The van der Waals surface area contributed by atoms with Crippen molar-refractivity contribution in [2.45, 2.75) is 59.7 Å². The largest absolute Gasteiger partial charge is 0.497 e. The van der Waals surface area contributed by atoms with Crippen LogP contribution in [0.4, 0.5) is 0 Å². The van der Waals surface area contributed by atoms with Gasteiger partial charge in [0.2, 0.25) is 5.91 Å². The second-order valence-corrected chi connectivity index (χ2v) is 9.32. The van der Waals surface area contributed by atoms with E-state index in [1.807, 2.05) is 58.9 Å². The van der Waals surface area contributed by atoms with Crippen LogP contribution in [0.3, 0.4) is 0 Å². The molecular weight excluding hydrogens is 428 g/mol. The highest BCUT2D eigenvalue weighted by molar-refractivity contribution is 6.32. The average molecular weight is 461 g/mol. The molecule has 0 fully saturated rings. The minimum atomic E-state index is -0.680. The van der Waals surface area contributed by atoms with Gasteiger partial charge in [-0.2, -0.15) is 0 Å². The highest BCUT2D eigenvalue weighted by Gasteiger charge is 2.28. The Kier molecular flexibility index (Phi) is 8.56. The number of benzene rings is 2. The van der Waals surface area contributed by atoms with Gasteiger partial charge >= 0.3 is 0 Å². The van der Waals surface area contributed by atoms with Crippen molar-refractivity contribution in [1.29, 1.82) is 0 Å². The van der Waals surface area contributed by atoms with Gasteiger partial charge in [0.15, 0.2) is 6.61 Å². The maximum Gasteiger partial charge on any atom is 0.261 e. The normalized spacial score (nSPS) is 12.1. The molecule has 1 N–H and O–H groups in total. The number of nitrogens with zero attached hydrogens (tertiary/aromatic N) is 1. The molecule has 0 aliphatic heterocycles. The molecule has 1 atom stereocenters. The summed E-state index contributed by atoms with van der Waals surface area (Å²) in [4.78, 5) is 27.5. The van der Waals surface area contributed by atoms with Crippen molar-refractivity contribution in [3.8, 4) is 11.5 Å². The molecule has 0 radical (unpaired) electrons. The summed E-state index contributed by atoms with van der Waals surface area (Å²) in [5.74, 6) is 0.774. The van der Waals surface area contributed by atoms with Crippen molar-refractivity contribution < 1.29 is 19.1 Å². The number of methoxy groups -OCH3 is 1. The molecule has 0 bridgehead atoms. The lowest BCUT2D eigenvalue weighted by atomic mass is 10.1. The summed E-state index contributed by atoms with van der Waals surface area (Å²) in [6.07, 6.45) is 0. The van der Waals surface area contributed by atoms with E-state index < -0.39 is 11.6 Å². The number of halogens is 1. The molecule has 0 saturated heterocycles. The first kappa shape index (κ1) is 25.5. The maximum absolute atomic E-state index is 13.2. The van der Waals surface area contributed by atoms with Crippen LogP contribution in [0.2, 0.25) is 5.02 Å². The summed E-state index contributed by atoms with van der Waals surface area (Å²) in [5, 5.41) is 3.62. The number of aryl methyl sites for hydroxylation is 2. The molecule has 0 aliphatic rings. The molecule has 0 heterocycles. The van der Waals surface area contributed by atoms with E-state index in [1.165, 1.54) is 4.90 Å². The Morgan fingerprint density at radius 2 is 1.62 bits per heavy atom. The van der Waals surface area contributed by atoms with Gasteiger partial charge in [-0.1, -0.05) is 23.7 Å². The van der Waals surface area contributed by atoms with Crippen LogP contribution < -0.4 is 14.8 Å². The Balaban J connectivity index is 2.21. The molecule has 2 rings (SSSR count). The Morgan fingerprint density at radius 3 is 2.12 bits per heavy atom. The highest BCUT2D eigenvalue weighted by atomic mass is 35.5. The second-order valence-electron chi connectivity index (χ2n) is 8.94. The number of hydrogen-bond acceptors (Lipinski definition) is 4. The first-order valence-electron chi connectivity index (χ1n) is 10.5. The molecule has 32 heavy (non-hydrogen) atoms. The van der Waals surface area contributed by atoms with Gasteiger partial charge < -0.3 is 19.7 Å². The molecule has 2 amide bonds. The van der Waals surface area contributed by atoms with Gasteiger partial charge in [-0.3, -0.25) is 9.59 Å². The van der Waals surface area contributed by atoms with Crippen LogP contribution in [0.1, 0.15) is 44.4 Å². The fourth-order valence-electron chi connectivity index (χ4n) is 3.20. The van der Waals surface area contributed by atoms with E-state index >= 15 is 0 Å². The van der Waals surface area contributed by atoms with Gasteiger partial charge in [-0.25, -0.2) is 0 Å². The molecular formula is C25H33ClN2O4. The van der Waals surface area contributed by atoms with Crippen molar-refractivity contribution in [3.63, 3.8) is 0 Å². The van der Waals surface area contributed by atoms with Crippen molar-refractivity contribution >= 4 is 23.4 Å². The van der Waals surface area contributed by atoms with E-state index in [0.717, 1.165) is 22.4 Å². The lowest BCUT2D eigenvalue weighted by molar-refractivity contribution is -0.142. The lowest BCUT2D eigenvalue weighted by Gasteiger charge is -2.31. The minimum absolute atomic E-state index is 0.191. The predicted molar refractivity (Wildman–Crippen MR) is 127 cm³/mol. The third kappa shape index (κ3) is 7.16. The van der Waals surface area contributed by atoms with Gasteiger partial charge in [0, 0.05) is 17.1 Å². The summed E-state index contributed by atoms with van der Waals surface area (Å²) in [5.41, 5.74) is 2.23. The monoisotopic (exact) mass is 460 g/mol. The van der Waals surface area contributed by atoms with E-state index in [2.05, 4.69) is 5.32 Å². The standard InChI is InChI=1S/C25H33ClN2O4/c1-16-12-21(13-17(2)23(16)26)32-15-22(29)28(18(3)24(30)27-25(4,5)6)14-19-8-10-20(31-7)11-9-19/h8-13,18H,14-15H2,1-7H3,(H,27,30)/t18-/m0/s1. The van der Waals surface area contributed by atoms with Gasteiger partial charge in [0.05, 0.1) is 7.11 Å². The van der Waals surface area contributed by atoms with Crippen LogP contribution in [0.5, 0.6) is 11.5 Å². The second kappa shape index (κ2) is 10.7. The van der Waals surface area contributed by atoms with E-state index in [0.29, 0.717) is 10.8 Å². The number of rotatable bonds is 8. The van der Waals surface area contributed by atoms with Gasteiger partial charge in [0.25, 0.3) is 5.91 Å². The Hall–Kier alpha value is -2.73. The van der Waals surface area contributed by atoms with Gasteiger partial charge in [-0.15, -0.1) is 0 Å². The van der Waals surface area contributed by atoms with E-state index in [4.69, 9.17) is 21.1 Å². The fourth-order valence-corrected chi connectivity index (χ4v) is 3.31. The average Bonchev–Trinajstić information content (AvgIpc) is 2.72. The zero-order valence-corrected chi connectivity index (χ0v) is 20.7. The quantitative estimate of drug-likeness (QED) is 0.621. The molecule has 0 aromatic heterocycles. The summed E-state index contributed by atoms with van der Waals surface area (Å²) < 4.78 is 11.0. The van der Waals surface area contributed by atoms with Crippen LogP contribution in [-0.4, -0.2) is 42.0 Å². The van der Waals surface area contributed by atoms with Crippen LogP contribution in [0, 0.1) is 13.8 Å². The third-order valence-corrected chi connectivity index (χ3v) is 5.55. The molecule has 2 aromatic rings. The van der Waals surface area contributed by atoms with Crippen molar-refractivity contribution in [1.82, 2.24) is 10.2 Å². The van der Waals surface area contributed by atoms with Crippen molar-refractivity contribution in [2.75, 3.05) is 13.7 Å². The zero-order valence-electron chi connectivity index (χ0n) is 19.9. The SMILES string of the molecule is COc1ccc(CN(C(=O)COc2cc(C)c(Cl)c(C)c2)[C@@H](C)C(=O)NC(C)(C)C)cc1. The van der Waals surface area contributed by atoms with E-state index in [1.54, 1.807) is 26.2 Å². The Bertz CT molecular complexity index is 928. The molecule has 6 nitrogen and oxygen atoms in total. The maximum atomic E-state index is 13.2. The summed E-state index contributed by atoms with van der Waals surface area (Å²) in [6.45, 7) is 11.3. The summed E-state index contributed by atoms with van der Waals surface area (Å²) >= 11 is 6.22. The minimum Gasteiger partial charge on any atom is -0.497 e. The van der Waals surface area contributed by atoms with E-state index in [9.17, 15) is 9.59 Å². The smallest absolute Gasteiger partial charge is 0.261 e. The van der Waals surface area contributed by atoms with Crippen LogP contribution in [-0.2, 0) is 16.1 Å². The Labute approximate surface area is 195 Å². The molecule has 0 spiro atoms. The Morgan fingerprint density at radius 1 is 1.06 bits per heavy atom. The molecule has 7 heteroatoms. The van der Waals surface area contributed by atoms with Crippen LogP contribution in [0.25, 0.3) is 0 Å². The van der Waals surface area contributed by atoms with Crippen LogP contribution in [0.15, 0.2) is 36.4 Å². The fraction of sp³-hybridized carbons (Fsp3) is 0.440. The molecule has 0 unspecified atom stereocenters.